The highest BCUT2D eigenvalue weighted by Gasteiger charge is 2.02. The Hall–Kier alpha value is -1.60. The third kappa shape index (κ3) is 7.88. The fourth-order valence-electron chi connectivity index (χ4n) is 2.26. The number of nitrogens with one attached hydrogen (secondary N) is 1. The van der Waals surface area contributed by atoms with E-state index in [9.17, 15) is 0 Å². The summed E-state index contributed by atoms with van der Waals surface area (Å²) < 4.78 is 5.42. The van der Waals surface area contributed by atoms with Gasteiger partial charge in [-0.3, -0.25) is 0 Å². The summed E-state index contributed by atoms with van der Waals surface area (Å²) in [5.74, 6) is 0.886. The third-order valence-corrected chi connectivity index (χ3v) is 3.62. The molecule has 0 saturated heterocycles. The smallest absolute Gasteiger partial charge is 0.194 e. The highest BCUT2D eigenvalue weighted by atomic mass is 127. The lowest BCUT2D eigenvalue weighted by atomic mass is 10.1. The number of ether oxygens (including phenoxy) is 1. The summed E-state index contributed by atoms with van der Waals surface area (Å²) in [5, 5.41) is 3.41. The summed E-state index contributed by atoms with van der Waals surface area (Å²) in [6.07, 6.45) is 0. The maximum atomic E-state index is 5.42. The van der Waals surface area contributed by atoms with Crippen LogP contribution in [0.5, 0.6) is 0 Å². The van der Waals surface area contributed by atoms with Crippen LogP contribution in [0.15, 0.2) is 59.6 Å². The van der Waals surface area contributed by atoms with Crippen molar-refractivity contribution in [2.45, 2.75) is 26.6 Å². The van der Waals surface area contributed by atoms with Crippen LogP contribution in [0.3, 0.4) is 0 Å². The molecule has 0 aromatic heterocycles. The zero-order valence-electron chi connectivity index (χ0n) is 15.2. The first-order chi connectivity index (χ1) is 11.7. The third-order valence-electron chi connectivity index (χ3n) is 3.62. The van der Waals surface area contributed by atoms with Gasteiger partial charge in [0.05, 0.1) is 13.2 Å². The Labute approximate surface area is 168 Å². The van der Waals surface area contributed by atoms with Gasteiger partial charge in [-0.15, -0.1) is 24.0 Å². The summed E-state index contributed by atoms with van der Waals surface area (Å²) in [7, 11) is 4.00. The average Bonchev–Trinajstić information content (AvgIpc) is 2.61. The van der Waals surface area contributed by atoms with Gasteiger partial charge in [-0.25, -0.2) is 4.99 Å². The first-order valence-electron chi connectivity index (χ1n) is 8.34. The summed E-state index contributed by atoms with van der Waals surface area (Å²) in [4.78, 5) is 6.68. The molecule has 0 spiro atoms. The molecule has 0 unspecified atom stereocenters. The number of rotatable bonds is 7. The molecule has 0 aliphatic rings. The van der Waals surface area contributed by atoms with Crippen LogP contribution in [0.2, 0.25) is 0 Å². The van der Waals surface area contributed by atoms with Gasteiger partial charge >= 0.3 is 0 Å². The van der Waals surface area contributed by atoms with Crippen molar-refractivity contribution < 1.29 is 4.74 Å². The lowest BCUT2D eigenvalue weighted by molar-refractivity contribution is 0.134. The van der Waals surface area contributed by atoms with Crippen LogP contribution in [0.4, 0.5) is 0 Å². The number of nitrogens with zero attached hydrogens (tertiary/aromatic N) is 2. The maximum Gasteiger partial charge on any atom is 0.194 e. The number of aliphatic imine (C=N–C) groups is 1. The molecule has 5 heteroatoms. The van der Waals surface area contributed by atoms with Gasteiger partial charge in [0.15, 0.2) is 5.96 Å². The zero-order chi connectivity index (χ0) is 17.2. The van der Waals surface area contributed by atoms with Crippen molar-refractivity contribution in [1.82, 2.24) is 10.2 Å². The van der Waals surface area contributed by atoms with E-state index >= 15 is 0 Å². The summed E-state index contributed by atoms with van der Waals surface area (Å²) in [6, 6.07) is 18.8. The van der Waals surface area contributed by atoms with Gasteiger partial charge in [-0.1, -0.05) is 54.6 Å². The van der Waals surface area contributed by atoms with E-state index in [0.29, 0.717) is 13.2 Å². The first kappa shape index (κ1) is 21.4. The quantitative estimate of drug-likeness (QED) is 0.391. The summed E-state index contributed by atoms with van der Waals surface area (Å²) in [5.41, 5.74) is 3.63. The Morgan fingerprint density at radius 2 is 1.60 bits per heavy atom. The lowest BCUT2D eigenvalue weighted by Crippen LogP contribution is -2.36. The minimum absolute atomic E-state index is 0. The van der Waals surface area contributed by atoms with Crippen LogP contribution < -0.4 is 5.32 Å². The van der Waals surface area contributed by atoms with E-state index < -0.39 is 0 Å². The van der Waals surface area contributed by atoms with Gasteiger partial charge in [-0.2, -0.15) is 0 Å². The molecule has 0 atom stereocenters. The van der Waals surface area contributed by atoms with Crippen molar-refractivity contribution in [2.24, 2.45) is 4.99 Å². The van der Waals surface area contributed by atoms with Crippen molar-refractivity contribution in [3.05, 3.63) is 71.3 Å². The molecule has 2 aromatic carbocycles. The second-order valence-electron chi connectivity index (χ2n) is 5.83. The van der Waals surface area contributed by atoms with Crippen LogP contribution in [0, 0.1) is 0 Å². The fourth-order valence-corrected chi connectivity index (χ4v) is 2.26. The minimum atomic E-state index is 0. The molecule has 25 heavy (non-hydrogen) atoms. The topological polar surface area (TPSA) is 36.9 Å². The van der Waals surface area contributed by atoms with Gasteiger partial charge in [0.2, 0.25) is 0 Å². The van der Waals surface area contributed by atoms with Gasteiger partial charge < -0.3 is 15.0 Å². The number of halogens is 1. The normalized spacial score (nSPS) is 10.9. The van der Waals surface area contributed by atoms with Crippen LogP contribution in [0.25, 0.3) is 0 Å². The molecule has 2 aromatic rings. The van der Waals surface area contributed by atoms with Crippen molar-refractivity contribution in [3.63, 3.8) is 0 Å². The molecular formula is C20H28IN3O. The molecule has 0 fully saturated rings. The molecule has 0 heterocycles. The van der Waals surface area contributed by atoms with Crippen LogP contribution in [0.1, 0.15) is 23.6 Å². The predicted octanol–water partition coefficient (Wildman–Crippen LogP) is 4.05. The first-order valence-corrected chi connectivity index (χ1v) is 8.34. The van der Waals surface area contributed by atoms with Crippen molar-refractivity contribution >= 4 is 29.9 Å². The number of hydrogen-bond acceptors (Lipinski definition) is 2. The minimum Gasteiger partial charge on any atom is -0.377 e. The molecule has 136 valence electrons. The number of benzene rings is 2. The highest BCUT2D eigenvalue weighted by molar-refractivity contribution is 14.0. The SMILES string of the molecule is CCOCc1ccc(CNC(=NCc2ccccc2)N(C)C)cc1.I. The van der Waals surface area contributed by atoms with Crippen LogP contribution in [-0.2, 0) is 24.4 Å². The number of hydrogen-bond donors (Lipinski definition) is 1. The molecule has 0 amide bonds. The van der Waals surface area contributed by atoms with E-state index in [4.69, 9.17) is 4.74 Å². The van der Waals surface area contributed by atoms with E-state index in [2.05, 4.69) is 46.7 Å². The Kier molecular flexibility index (Phi) is 10.2. The Balaban J connectivity index is 0.00000312. The molecule has 0 saturated carbocycles. The highest BCUT2D eigenvalue weighted by Crippen LogP contribution is 2.06. The van der Waals surface area contributed by atoms with Gasteiger partial charge in [0.1, 0.15) is 0 Å². The van der Waals surface area contributed by atoms with Gasteiger partial charge in [0, 0.05) is 27.2 Å². The zero-order valence-corrected chi connectivity index (χ0v) is 17.6. The van der Waals surface area contributed by atoms with Crippen molar-refractivity contribution in [3.8, 4) is 0 Å². The lowest BCUT2D eigenvalue weighted by Gasteiger charge is -2.18. The van der Waals surface area contributed by atoms with Crippen LogP contribution in [-0.4, -0.2) is 31.6 Å². The maximum absolute atomic E-state index is 5.42. The largest absolute Gasteiger partial charge is 0.377 e. The Morgan fingerprint density at radius 1 is 0.960 bits per heavy atom. The van der Waals surface area contributed by atoms with Crippen molar-refractivity contribution in [2.75, 3.05) is 20.7 Å². The summed E-state index contributed by atoms with van der Waals surface area (Å²) in [6.45, 7) is 4.85. The van der Waals surface area contributed by atoms with E-state index in [1.54, 1.807) is 0 Å². The molecule has 1 N–H and O–H groups in total. The summed E-state index contributed by atoms with van der Waals surface area (Å²) >= 11 is 0. The standard InChI is InChI=1S/C20H27N3O.HI/c1-4-24-16-19-12-10-18(11-13-19)15-22-20(23(2)3)21-14-17-8-6-5-7-9-17;/h5-13H,4,14-16H2,1-3H3,(H,21,22);1H. The molecular weight excluding hydrogens is 425 g/mol. The second kappa shape index (κ2) is 11.9. The molecule has 0 aliphatic heterocycles. The Morgan fingerprint density at radius 3 is 2.20 bits per heavy atom. The molecule has 0 bridgehead atoms. The van der Waals surface area contributed by atoms with Crippen LogP contribution >= 0.6 is 24.0 Å². The fraction of sp³-hybridized carbons (Fsp3) is 0.350. The molecule has 0 aliphatic carbocycles. The van der Waals surface area contributed by atoms with Gasteiger partial charge in [0.25, 0.3) is 0 Å². The Bertz CT molecular complexity index is 627. The average molecular weight is 453 g/mol. The van der Waals surface area contributed by atoms with E-state index in [0.717, 1.165) is 19.1 Å². The number of guanidine groups is 1. The van der Waals surface area contributed by atoms with E-state index in [1.807, 2.05) is 44.1 Å². The van der Waals surface area contributed by atoms with E-state index in [-0.39, 0.29) is 24.0 Å². The molecule has 2 rings (SSSR count). The monoisotopic (exact) mass is 453 g/mol. The van der Waals surface area contributed by atoms with Gasteiger partial charge in [-0.05, 0) is 23.6 Å². The second-order valence-corrected chi connectivity index (χ2v) is 5.83. The van der Waals surface area contributed by atoms with E-state index in [1.165, 1.54) is 16.7 Å². The predicted molar refractivity (Wildman–Crippen MR) is 115 cm³/mol. The van der Waals surface area contributed by atoms with Crippen molar-refractivity contribution in [1.29, 1.82) is 0 Å². The molecule has 4 nitrogen and oxygen atoms in total. The molecule has 0 radical (unpaired) electrons.